The van der Waals surface area contributed by atoms with E-state index in [-0.39, 0.29) is 17.7 Å². The van der Waals surface area contributed by atoms with Crippen LogP contribution in [0.1, 0.15) is 25.7 Å². The van der Waals surface area contributed by atoms with Crippen molar-refractivity contribution >= 4 is 11.6 Å². The number of fused-ring (bicyclic) bond motifs is 2. The van der Waals surface area contributed by atoms with Crippen LogP contribution in [0, 0.1) is 0 Å². The first-order valence-corrected chi connectivity index (χ1v) is 10.8. The second-order valence-electron chi connectivity index (χ2n) is 8.25. The quantitative estimate of drug-likeness (QED) is 0.636. The molecule has 2 bridgehead atoms. The third-order valence-corrected chi connectivity index (χ3v) is 6.38. The molecule has 2 unspecified atom stereocenters. The Kier molecular flexibility index (Phi) is 5.27. The van der Waals surface area contributed by atoms with Crippen molar-refractivity contribution < 1.29 is 14.2 Å². The summed E-state index contributed by atoms with van der Waals surface area (Å²) >= 11 is 6.45. The van der Waals surface area contributed by atoms with Crippen LogP contribution in [0.5, 0.6) is 11.6 Å². The SMILES string of the molecule is Cn1cc(-c2cc(O)c(-c3ccc(O[C@H]4CC5CCCC(N5)[C@H]4F)nn3)cc2Cl)cn1. The Hall–Kier alpha value is -2.71. The fraction of sp³-hybridized carbons (Fsp3) is 0.409. The second kappa shape index (κ2) is 8.09. The maximum absolute atomic E-state index is 14.7. The molecule has 7 nitrogen and oxygen atoms in total. The van der Waals surface area contributed by atoms with Crippen molar-refractivity contribution in [2.75, 3.05) is 0 Å². The van der Waals surface area contributed by atoms with E-state index in [1.165, 1.54) is 0 Å². The first-order valence-electron chi connectivity index (χ1n) is 10.4. The van der Waals surface area contributed by atoms with E-state index in [0.29, 0.717) is 34.3 Å². The van der Waals surface area contributed by atoms with E-state index in [2.05, 4.69) is 20.6 Å². The van der Waals surface area contributed by atoms with Crippen molar-refractivity contribution in [3.63, 3.8) is 0 Å². The molecule has 4 atom stereocenters. The molecule has 0 saturated carbocycles. The van der Waals surface area contributed by atoms with Crippen LogP contribution in [0.2, 0.25) is 5.02 Å². The van der Waals surface area contributed by atoms with E-state index in [0.717, 1.165) is 24.8 Å². The molecule has 2 aliphatic heterocycles. The maximum atomic E-state index is 14.7. The van der Waals surface area contributed by atoms with Crippen LogP contribution >= 0.6 is 11.6 Å². The van der Waals surface area contributed by atoms with E-state index < -0.39 is 12.3 Å². The normalized spacial score (nSPS) is 25.4. The first-order chi connectivity index (χ1) is 15.0. The van der Waals surface area contributed by atoms with Crippen molar-refractivity contribution in [2.45, 2.75) is 50.0 Å². The van der Waals surface area contributed by atoms with Gasteiger partial charge in [0.2, 0.25) is 5.88 Å². The number of phenols is 1. The Balaban J connectivity index is 1.35. The maximum Gasteiger partial charge on any atom is 0.233 e. The first kappa shape index (κ1) is 20.2. The van der Waals surface area contributed by atoms with Gasteiger partial charge in [0.05, 0.1) is 11.9 Å². The van der Waals surface area contributed by atoms with Gasteiger partial charge in [0.15, 0.2) is 6.17 Å². The number of alkyl halides is 1. The number of aromatic hydroxyl groups is 1. The monoisotopic (exact) mass is 443 g/mol. The zero-order valence-corrected chi connectivity index (χ0v) is 17.8. The lowest BCUT2D eigenvalue weighted by Crippen LogP contribution is -2.59. The van der Waals surface area contributed by atoms with Gasteiger partial charge in [0, 0.05) is 59.5 Å². The van der Waals surface area contributed by atoms with E-state index in [9.17, 15) is 9.50 Å². The molecule has 2 saturated heterocycles. The summed E-state index contributed by atoms with van der Waals surface area (Å²) in [6.07, 6.45) is 5.45. The number of nitrogens with one attached hydrogen (secondary N) is 1. The molecule has 162 valence electrons. The molecule has 2 N–H and O–H groups in total. The van der Waals surface area contributed by atoms with Gasteiger partial charge in [-0.15, -0.1) is 10.2 Å². The zero-order valence-electron chi connectivity index (χ0n) is 17.0. The largest absolute Gasteiger partial charge is 0.507 e. The van der Waals surface area contributed by atoms with Crippen molar-refractivity contribution in [1.29, 1.82) is 0 Å². The Bertz CT molecular complexity index is 1090. The average molecular weight is 444 g/mol. The van der Waals surface area contributed by atoms with Crippen LogP contribution in [0.3, 0.4) is 0 Å². The molecule has 4 heterocycles. The molecule has 0 aliphatic carbocycles. The number of phenolic OH excluding ortho intramolecular Hbond substituents is 1. The minimum Gasteiger partial charge on any atom is -0.507 e. The average Bonchev–Trinajstić information content (AvgIpc) is 3.20. The standard InChI is InChI=1S/C22H23ClFN5O2/c1-29-11-12(10-25-29)14-9-19(30)15(8-16(14)23)17-5-6-21(28-27-17)31-20-7-13-3-2-4-18(26-13)22(20)24/h5-6,8-11,13,18,20,22,26,30H,2-4,7H2,1H3/t13?,18?,20-,22+/m0/s1. The number of halogens is 2. The molecule has 0 spiro atoms. The number of hydrogen-bond acceptors (Lipinski definition) is 6. The number of benzene rings is 1. The third kappa shape index (κ3) is 3.97. The van der Waals surface area contributed by atoms with Gasteiger partial charge in [-0.2, -0.15) is 5.10 Å². The number of piperidine rings is 2. The summed E-state index contributed by atoms with van der Waals surface area (Å²) in [6, 6.07) is 6.71. The smallest absolute Gasteiger partial charge is 0.233 e. The highest BCUT2D eigenvalue weighted by molar-refractivity contribution is 6.33. The fourth-order valence-corrected chi connectivity index (χ4v) is 4.78. The number of rotatable bonds is 4. The molecule has 0 radical (unpaired) electrons. The number of aromatic nitrogens is 4. The summed E-state index contributed by atoms with van der Waals surface area (Å²) in [6.45, 7) is 0. The lowest BCUT2D eigenvalue weighted by Gasteiger charge is -2.42. The van der Waals surface area contributed by atoms with E-state index >= 15 is 0 Å². The van der Waals surface area contributed by atoms with Crippen LogP contribution in [-0.4, -0.2) is 49.4 Å². The molecule has 1 aromatic carbocycles. The molecule has 0 amide bonds. The Morgan fingerprint density at radius 2 is 2.10 bits per heavy atom. The van der Waals surface area contributed by atoms with Crippen molar-refractivity contribution in [2.24, 2.45) is 7.05 Å². The Morgan fingerprint density at radius 1 is 1.23 bits per heavy atom. The number of aryl methyl sites for hydroxylation is 1. The van der Waals surface area contributed by atoms with Gasteiger partial charge >= 0.3 is 0 Å². The van der Waals surface area contributed by atoms with E-state index in [1.54, 1.807) is 35.1 Å². The van der Waals surface area contributed by atoms with Crippen LogP contribution in [0.4, 0.5) is 4.39 Å². The van der Waals surface area contributed by atoms with Crippen LogP contribution in [-0.2, 0) is 7.05 Å². The molecular weight excluding hydrogens is 421 g/mol. The highest BCUT2D eigenvalue weighted by Crippen LogP contribution is 2.38. The number of nitrogens with zero attached hydrogens (tertiary/aromatic N) is 4. The summed E-state index contributed by atoms with van der Waals surface area (Å²) in [7, 11) is 1.81. The molecule has 31 heavy (non-hydrogen) atoms. The van der Waals surface area contributed by atoms with Gasteiger partial charge in [0.25, 0.3) is 0 Å². The predicted molar refractivity (Wildman–Crippen MR) is 115 cm³/mol. The Morgan fingerprint density at radius 3 is 2.84 bits per heavy atom. The van der Waals surface area contributed by atoms with Crippen LogP contribution < -0.4 is 10.1 Å². The summed E-state index contributed by atoms with van der Waals surface area (Å²) < 4.78 is 22.2. The zero-order chi connectivity index (χ0) is 21.5. The molecule has 9 heteroatoms. The second-order valence-corrected chi connectivity index (χ2v) is 8.65. The molecular formula is C22H23ClFN5O2. The van der Waals surface area contributed by atoms with E-state index in [1.807, 2.05) is 13.2 Å². The molecule has 2 fully saturated rings. The predicted octanol–water partition coefficient (Wildman–Crippen LogP) is 3.90. The topological polar surface area (TPSA) is 85.1 Å². The van der Waals surface area contributed by atoms with E-state index in [4.69, 9.17) is 16.3 Å². The van der Waals surface area contributed by atoms with Crippen LogP contribution in [0.25, 0.3) is 22.4 Å². The van der Waals surface area contributed by atoms with Crippen LogP contribution in [0.15, 0.2) is 36.7 Å². The number of ether oxygens (including phenoxy) is 1. The molecule has 3 aromatic rings. The van der Waals surface area contributed by atoms with Gasteiger partial charge in [-0.25, -0.2) is 4.39 Å². The molecule has 2 aliphatic rings. The Labute approximate surface area is 184 Å². The lowest BCUT2D eigenvalue weighted by molar-refractivity contribution is 0.00652. The summed E-state index contributed by atoms with van der Waals surface area (Å²) in [5.41, 5.74) is 2.38. The van der Waals surface area contributed by atoms with Gasteiger partial charge < -0.3 is 15.2 Å². The minimum atomic E-state index is -1.07. The van der Waals surface area contributed by atoms with Gasteiger partial charge in [-0.3, -0.25) is 4.68 Å². The summed E-state index contributed by atoms with van der Waals surface area (Å²) in [5.74, 6) is 0.301. The highest BCUT2D eigenvalue weighted by atomic mass is 35.5. The number of hydrogen-bond donors (Lipinski definition) is 2. The fourth-order valence-electron chi connectivity index (χ4n) is 4.50. The third-order valence-electron chi connectivity index (χ3n) is 6.06. The van der Waals surface area contributed by atoms with Crippen molar-refractivity contribution in [3.05, 3.63) is 41.7 Å². The van der Waals surface area contributed by atoms with Gasteiger partial charge in [-0.1, -0.05) is 18.0 Å². The van der Waals surface area contributed by atoms with Gasteiger partial charge in [-0.05, 0) is 31.0 Å². The van der Waals surface area contributed by atoms with Gasteiger partial charge in [0.1, 0.15) is 11.9 Å². The minimum absolute atomic E-state index is 0.0289. The summed E-state index contributed by atoms with van der Waals surface area (Å²) in [5, 5.41) is 26.8. The lowest BCUT2D eigenvalue weighted by atomic mass is 9.84. The summed E-state index contributed by atoms with van der Waals surface area (Å²) in [4.78, 5) is 0. The molecule has 2 aromatic heterocycles. The van der Waals surface area contributed by atoms with Crippen molar-refractivity contribution in [3.8, 4) is 34.0 Å². The molecule has 5 rings (SSSR count). The van der Waals surface area contributed by atoms with Crippen molar-refractivity contribution in [1.82, 2.24) is 25.3 Å². The highest BCUT2D eigenvalue weighted by Gasteiger charge is 2.41.